The molecule has 2 heterocycles. The number of rotatable bonds is 4. The van der Waals surface area contributed by atoms with Gasteiger partial charge in [-0.25, -0.2) is 0 Å². The highest BCUT2D eigenvalue weighted by atomic mass is 35.5. The van der Waals surface area contributed by atoms with Crippen molar-refractivity contribution in [1.82, 2.24) is 5.32 Å². The third kappa shape index (κ3) is 3.31. The lowest BCUT2D eigenvalue weighted by Gasteiger charge is -2.00. The lowest BCUT2D eigenvalue weighted by atomic mass is 10.3. The van der Waals surface area contributed by atoms with Crippen molar-refractivity contribution in [2.45, 2.75) is 19.9 Å². The fourth-order valence-electron chi connectivity index (χ4n) is 1.40. The van der Waals surface area contributed by atoms with Gasteiger partial charge >= 0.3 is 0 Å². The highest BCUT2D eigenvalue weighted by molar-refractivity contribution is 7.18. The van der Waals surface area contributed by atoms with Crippen molar-refractivity contribution in [3.63, 3.8) is 0 Å². The van der Waals surface area contributed by atoms with Crippen molar-refractivity contribution in [2.24, 2.45) is 0 Å². The molecule has 0 aromatic carbocycles. The van der Waals surface area contributed by atoms with E-state index >= 15 is 0 Å². The minimum Gasteiger partial charge on any atom is -0.346 e. The van der Waals surface area contributed by atoms with Crippen LogP contribution in [0.1, 0.15) is 26.3 Å². The molecule has 0 fully saturated rings. The van der Waals surface area contributed by atoms with Crippen LogP contribution in [0, 0.1) is 0 Å². The second-order valence-electron chi connectivity index (χ2n) is 3.51. The molecule has 0 unspecified atom stereocenters. The molecular weight excluding hydrogens is 274 g/mol. The largest absolute Gasteiger partial charge is 0.346 e. The number of thiophene rings is 2. The Hall–Kier alpha value is -0.840. The molecule has 0 aliphatic carbocycles. The molecular formula is C12H12ClNOS2. The molecule has 0 saturated heterocycles. The van der Waals surface area contributed by atoms with Gasteiger partial charge in [0.05, 0.1) is 15.8 Å². The highest BCUT2D eigenvalue weighted by Crippen LogP contribution is 2.21. The number of nitrogens with one attached hydrogen (secondary N) is 1. The second kappa shape index (κ2) is 5.67. The van der Waals surface area contributed by atoms with Crippen LogP contribution in [0.2, 0.25) is 4.34 Å². The molecule has 2 aromatic heterocycles. The van der Waals surface area contributed by atoms with E-state index in [0.717, 1.165) is 6.42 Å². The number of carbonyl (C=O) groups excluding carboxylic acids is 1. The standard InChI is InChI=1S/C12H12ClNOS2/c1-2-8-3-4-9(16-8)7-14-12(15)10-5-6-11(13)17-10/h3-6H,2,7H2,1H3,(H,14,15). The van der Waals surface area contributed by atoms with Crippen molar-refractivity contribution >= 4 is 40.2 Å². The van der Waals surface area contributed by atoms with Gasteiger partial charge in [-0.3, -0.25) is 4.79 Å². The molecule has 0 bridgehead atoms. The van der Waals surface area contributed by atoms with Gasteiger partial charge in [0.1, 0.15) is 0 Å². The molecule has 2 rings (SSSR count). The molecule has 17 heavy (non-hydrogen) atoms. The molecule has 90 valence electrons. The summed E-state index contributed by atoms with van der Waals surface area (Å²) in [6.07, 6.45) is 1.04. The summed E-state index contributed by atoms with van der Waals surface area (Å²) in [6.45, 7) is 2.71. The van der Waals surface area contributed by atoms with Crippen molar-refractivity contribution < 1.29 is 4.79 Å². The van der Waals surface area contributed by atoms with E-state index in [4.69, 9.17) is 11.6 Å². The molecule has 1 N–H and O–H groups in total. The summed E-state index contributed by atoms with van der Waals surface area (Å²) in [5, 5.41) is 2.89. The van der Waals surface area contributed by atoms with Gasteiger partial charge in [-0.15, -0.1) is 22.7 Å². The quantitative estimate of drug-likeness (QED) is 0.905. The van der Waals surface area contributed by atoms with Crippen LogP contribution in [0.5, 0.6) is 0 Å². The third-order valence-corrected chi connectivity index (χ3v) is 4.75. The predicted molar refractivity (Wildman–Crippen MR) is 74.2 cm³/mol. The van der Waals surface area contributed by atoms with Crippen molar-refractivity contribution in [1.29, 1.82) is 0 Å². The monoisotopic (exact) mass is 285 g/mol. The average Bonchev–Trinajstić information content (AvgIpc) is 2.94. The Balaban J connectivity index is 1.92. The van der Waals surface area contributed by atoms with Gasteiger partial charge in [-0.2, -0.15) is 0 Å². The lowest BCUT2D eigenvalue weighted by Crippen LogP contribution is -2.21. The lowest BCUT2D eigenvalue weighted by molar-refractivity contribution is 0.0955. The van der Waals surface area contributed by atoms with Crippen LogP contribution in [-0.4, -0.2) is 5.91 Å². The fourth-order valence-corrected chi connectivity index (χ4v) is 3.26. The molecule has 0 spiro atoms. The summed E-state index contributed by atoms with van der Waals surface area (Å²) in [6, 6.07) is 7.65. The summed E-state index contributed by atoms with van der Waals surface area (Å²) in [5.41, 5.74) is 0. The maximum atomic E-state index is 11.8. The topological polar surface area (TPSA) is 29.1 Å². The van der Waals surface area contributed by atoms with E-state index in [1.54, 1.807) is 23.5 Å². The maximum absolute atomic E-state index is 11.8. The van der Waals surface area contributed by atoms with Crippen LogP contribution in [0.15, 0.2) is 24.3 Å². The Morgan fingerprint density at radius 2 is 2.00 bits per heavy atom. The zero-order valence-electron chi connectivity index (χ0n) is 9.33. The molecule has 2 aromatic rings. The summed E-state index contributed by atoms with van der Waals surface area (Å²) in [7, 11) is 0. The first-order valence-corrected chi connectivity index (χ1v) is 7.31. The Labute approximate surface area is 113 Å². The molecule has 0 aliphatic heterocycles. The van der Waals surface area contributed by atoms with Crippen LogP contribution in [0.25, 0.3) is 0 Å². The summed E-state index contributed by atoms with van der Waals surface area (Å²) in [4.78, 5) is 14.9. The van der Waals surface area contributed by atoms with Gasteiger partial charge in [0.15, 0.2) is 0 Å². The second-order valence-corrected chi connectivity index (χ2v) is 6.48. The SMILES string of the molecule is CCc1ccc(CNC(=O)c2ccc(Cl)s2)s1. The Morgan fingerprint density at radius 1 is 1.24 bits per heavy atom. The van der Waals surface area contributed by atoms with Crippen molar-refractivity contribution in [3.8, 4) is 0 Å². The Bertz CT molecular complexity index is 518. The zero-order chi connectivity index (χ0) is 12.3. The first-order chi connectivity index (χ1) is 8.19. The molecule has 1 amide bonds. The molecule has 0 atom stereocenters. The highest BCUT2D eigenvalue weighted by Gasteiger charge is 2.08. The van der Waals surface area contributed by atoms with E-state index < -0.39 is 0 Å². The van der Waals surface area contributed by atoms with Crippen LogP contribution in [0.3, 0.4) is 0 Å². The summed E-state index contributed by atoms with van der Waals surface area (Å²) in [5.74, 6) is -0.0617. The van der Waals surface area contributed by atoms with Gasteiger partial charge in [-0.1, -0.05) is 18.5 Å². The zero-order valence-corrected chi connectivity index (χ0v) is 11.7. The van der Waals surface area contributed by atoms with E-state index in [-0.39, 0.29) is 5.91 Å². The van der Waals surface area contributed by atoms with E-state index in [0.29, 0.717) is 15.8 Å². The van der Waals surface area contributed by atoms with Crippen molar-refractivity contribution in [2.75, 3.05) is 0 Å². The number of hydrogen-bond donors (Lipinski definition) is 1. The average molecular weight is 286 g/mol. The van der Waals surface area contributed by atoms with Gasteiger partial charge < -0.3 is 5.32 Å². The van der Waals surface area contributed by atoms with Crippen LogP contribution in [-0.2, 0) is 13.0 Å². The Morgan fingerprint density at radius 3 is 2.59 bits per heavy atom. The first kappa shape index (κ1) is 12.6. The number of halogens is 1. The van der Waals surface area contributed by atoms with Crippen LogP contribution in [0.4, 0.5) is 0 Å². The van der Waals surface area contributed by atoms with Crippen molar-refractivity contribution in [3.05, 3.63) is 43.2 Å². The van der Waals surface area contributed by atoms with E-state index in [1.807, 2.05) is 0 Å². The molecule has 0 radical (unpaired) electrons. The minimum absolute atomic E-state index is 0.0617. The minimum atomic E-state index is -0.0617. The first-order valence-electron chi connectivity index (χ1n) is 5.30. The van der Waals surface area contributed by atoms with Crippen LogP contribution >= 0.6 is 34.3 Å². The van der Waals surface area contributed by atoms with E-state index in [1.165, 1.54) is 21.1 Å². The number of carbonyl (C=O) groups is 1. The number of aryl methyl sites for hydroxylation is 1. The van der Waals surface area contributed by atoms with Crippen LogP contribution < -0.4 is 5.32 Å². The van der Waals surface area contributed by atoms with E-state index in [2.05, 4.69) is 24.4 Å². The van der Waals surface area contributed by atoms with Gasteiger partial charge in [0.25, 0.3) is 5.91 Å². The molecule has 0 saturated carbocycles. The molecule has 5 heteroatoms. The number of amides is 1. The summed E-state index contributed by atoms with van der Waals surface area (Å²) >= 11 is 8.82. The predicted octanol–water partition coefficient (Wildman–Crippen LogP) is 3.96. The van der Waals surface area contributed by atoms with Gasteiger partial charge in [0, 0.05) is 9.75 Å². The Kier molecular flexibility index (Phi) is 4.20. The fraction of sp³-hybridized carbons (Fsp3) is 0.250. The van der Waals surface area contributed by atoms with Gasteiger partial charge in [0.2, 0.25) is 0 Å². The molecule has 0 aliphatic rings. The normalized spacial score (nSPS) is 10.5. The summed E-state index contributed by atoms with van der Waals surface area (Å²) < 4.78 is 0.638. The van der Waals surface area contributed by atoms with Gasteiger partial charge in [-0.05, 0) is 30.7 Å². The third-order valence-electron chi connectivity index (χ3n) is 2.29. The van der Waals surface area contributed by atoms with E-state index in [9.17, 15) is 4.79 Å². The maximum Gasteiger partial charge on any atom is 0.261 e. The molecule has 2 nitrogen and oxygen atoms in total. The number of hydrogen-bond acceptors (Lipinski definition) is 3. The smallest absolute Gasteiger partial charge is 0.261 e.